The lowest BCUT2D eigenvalue weighted by Crippen LogP contribution is -2.41. The van der Waals surface area contributed by atoms with Crippen LogP contribution >= 0.6 is 0 Å². The average molecular weight is 300 g/mol. The van der Waals surface area contributed by atoms with E-state index in [0.29, 0.717) is 0 Å². The minimum absolute atomic E-state index is 0.0633. The molecule has 1 unspecified atom stereocenters. The van der Waals surface area contributed by atoms with Gasteiger partial charge in [-0.3, -0.25) is 9.59 Å². The fourth-order valence-electron chi connectivity index (χ4n) is 2.76. The standard InChI is InChI=1S/C18H24N2O2/c1-19-17(21)14-18(22)20-13-7-3-6-10-16(20)12-11-15-8-4-2-5-9-15/h2,4-5,8-9,11-12,16H,3,6-7,10,13-14H2,1H3,(H,19,21)/b12-11+. The Labute approximate surface area is 132 Å². The number of carbonyl (C=O) groups excluding carboxylic acids is 2. The Hall–Kier alpha value is -2.10. The molecule has 2 amide bonds. The van der Waals surface area contributed by atoms with Crippen LogP contribution in [0.2, 0.25) is 0 Å². The van der Waals surface area contributed by atoms with Crippen molar-refractivity contribution < 1.29 is 9.59 Å². The number of nitrogens with zero attached hydrogens (tertiary/aromatic N) is 1. The molecule has 1 aromatic rings. The van der Waals surface area contributed by atoms with Crippen LogP contribution in [0.15, 0.2) is 36.4 Å². The number of likely N-dealkylation sites (tertiary alicyclic amines) is 1. The third-order valence-electron chi connectivity index (χ3n) is 4.02. The van der Waals surface area contributed by atoms with Gasteiger partial charge in [0.05, 0.1) is 6.04 Å². The van der Waals surface area contributed by atoms with Crippen LogP contribution in [0, 0.1) is 0 Å². The van der Waals surface area contributed by atoms with Gasteiger partial charge in [0, 0.05) is 13.6 Å². The molecule has 0 bridgehead atoms. The van der Waals surface area contributed by atoms with Gasteiger partial charge in [-0.05, 0) is 18.4 Å². The maximum Gasteiger partial charge on any atom is 0.232 e. The van der Waals surface area contributed by atoms with E-state index in [2.05, 4.69) is 17.5 Å². The Balaban J connectivity index is 2.08. The predicted molar refractivity (Wildman–Crippen MR) is 88.1 cm³/mol. The first-order chi connectivity index (χ1) is 10.7. The summed E-state index contributed by atoms with van der Waals surface area (Å²) < 4.78 is 0. The topological polar surface area (TPSA) is 49.4 Å². The average Bonchev–Trinajstić information content (AvgIpc) is 2.79. The van der Waals surface area contributed by atoms with Crippen LogP contribution in [0.25, 0.3) is 6.08 Å². The molecular weight excluding hydrogens is 276 g/mol. The molecule has 1 heterocycles. The molecule has 1 N–H and O–H groups in total. The van der Waals surface area contributed by atoms with Crippen molar-refractivity contribution >= 4 is 17.9 Å². The fraction of sp³-hybridized carbons (Fsp3) is 0.444. The van der Waals surface area contributed by atoms with Crippen molar-refractivity contribution in [3.8, 4) is 0 Å². The van der Waals surface area contributed by atoms with E-state index in [0.717, 1.165) is 37.8 Å². The Morgan fingerprint density at radius 2 is 2.00 bits per heavy atom. The van der Waals surface area contributed by atoms with Crippen LogP contribution < -0.4 is 5.32 Å². The zero-order valence-corrected chi connectivity index (χ0v) is 13.1. The molecule has 0 radical (unpaired) electrons. The summed E-state index contributed by atoms with van der Waals surface area (Å²) in [5.74, 6) is -0.302. The minimum atomic E-state index is -0.222. The summed E-state index contributed by atoms with van der Waals surface area (Å²) in [5, 5.41) is 2.52. The molecule has 1 fully saturated rings. The van der Waals surface area contributed by atoms with Gasteiger partial charge in [-0.2, -0.15) is 0 Å². The van der Waals surface area contributed by atoms with E-state index in [1.807, 2.05) is 35.2 Å². The molecular formula is C18H24N2O2. The lowest BCUT2D eigenvalue weighted by atomic mass is 10.1. The number of carbonyl (C=O) groups is 2. The molecule has 1 aliphatic heterocycles. The van der Waals surface area contributed by atoms with Crippen LogP contribution in [-0.4, -0.2) is 36.3 Å². The number of rotatable bonds is 4. The molecule has 1 atom stereocenters. The second kappa shape index (κ2) is 8.37. The molecule has 0 aliphatic carbocycles. The van der Waals surface area contributed by atoms with Gasteiger partial charge in [0.1, 0.15) is 6.42 Å². The lowest BCUT2D eigenvalue weighted by molar-refractivity contribution is -0.136. The molecule has 22 heavy (non-hydrogen) atoms. The second-order valence-corrected chi connectivity index (χ2v) is 5.62. The van der Waals surface area contributed by atoms with Crippen molar-refractivity contribution in [2.75, 3.05) is 13.6 Å². The van der Waals surface area contributed by atoms with Crippen LogP contribution in [-0.2, 0) is 9.59 Å². The number of benzene rings is 1. The summed E-state index contributed by atoms with van der Waals surface area (Å²) in [5.41, 5.74) is 1.13. The highest BCUT2D eigenvalue weighted by atomic mass is 16.2. The number of nitrogens with one attached hydrogen (secondary N) is 1. The Bertz CT molecular complexity index is 525. The van der Waals surface area contributed by atoms with E-state index in [1.165, 1.54) is 0 Å². The molecule has 0 spiro atoms. The highest BCUT2D eigenvalue weighted by Gasteiger charge is 2.24. The maximum absolute atomic E-state index is 12.4. The first kappa shape index (κ1) is 16.3. The molecule has 1 aliphatic rings. The smallest absolute Gasteiger partial charge is 0.232 e. The van der Waals surface area contributed by atoms with Crippen molar-refractivity contribution in [2.24, 2.45) is 0 Å². The molecule has 1 saturated heterocycles. The minimum Gasteiger partial charge on any atom is -0.359 e. The van der Waals surface area contributed by atoms with Gasteiger partial charge in [0.25, 0.3) is 0 Å². The molecule has 118 valence electrons. The number of hydrogen-bond donors (Lipinski definition) is 1. The molecule has 0 saturated carbocycles. The van der Waals surface area contributed by atoms with E-state index in [9.17, 15) is 9.59 Å². The third-order valence-corrected chi connectivity index (χ3v) is 4.02. The van der Waals surface area contributed by atoms with Crippen molar-refractivity contribution in [1.82, 2.24) is 10.2 Å². The second-order valence-electron chi connectivity index (χ2n) is 5.62. The van der Waals surface area contributed by atoms with Crippen LogP contribution in [0.1, 0.15) is 37.7 Å². The molecule has 4 heteroatoms. The van der Waals surface area contributed by atoms with Crippen molar-refractivity contribution in [1.29, 1.82) is 0 Å². The van der Waals surface area contributed by atoms with Gasteiger partial charge >= 0.3 is 0 Å². The largest absolute Gasteiger partial charge is 0.359 e. The van der Waals surface area contributed by atoms with Crippen molar-refractivity contribution in [3.63, 3.8) is 0 Å². The van der Waals surface area contributed by atoms with E-state index < -0.39 is 0 Å². The fourth-order valence-corrected chi connectivity index (χ4v) is 2.76. The highest BCUT2D eigenvalue weighted by molar-refractivity contribution is 5.97. The summed E-state index contributed by atoms with van der Waals surface area (Å²) >= 11 is 0. The number of amides is 2. The quantitative estimate of drug-likeness (QED) is 0.869. The predicted octanol–water partition coefficient (Wildman–Crippen LogP) is 2.61. The Morgan fingerprint density at radius 3 is 2.73 bits per heavy atom. The van der Waals surface area contributed by atoms with Crippen LogP contribution in [0.3, 0.4) is 0 Å². The lowest BCUT2D eigenvalue weighted by Gasteiger charge is -2.27. The molecule has 0 aromatic heterocycles. The zero-order chi connectivity index (χ0) is 15.8. The summed E-state index contributed by atoms with van der Waals surface area (Å²) in [6, 6.07) is 10.2. The molecule has 2 rings (SSSR count). The van der Waals surface area contributed by atoms with Gasteiger partial charge in [-0.25, -0.2) is 0 Å². The van der Waals surface area contributed by atoms with Crippen LogP contribution in [0.5, 0.6) is 0 Å². The Morgan fingerprint density at radius 1 is 1.23 bits per heavy atom. The number of hydrogen-bond acceptors (Lipinski definition) is 2. The first-order valence-electron chi connectivity index (χ1n) is 7.94. The van der Waals surface area contributed by atoms with E-state index >= 15 is 0 Å². The van der Waals surface area contributed by atoms with E-state index in [-0.39, 0.29) is 24.3 Å². The highest BCUT2D eigenvalue weighted by Crippen LogP contribution is 2.19. The SMILES string of the molecule is CNC(=O)CC(=O)N1CCCCCC1/C=C/c1ccccc1. The van der Waals surface area contributed by atoms with E-state index in [4.69, 9.17) is 0 Å². The van der Waals surface area contributed by atoms with Gasteiger partial charge in [0.15, 0.2) is 0 Å². The summed E-state index contributed by atoms with van der Waals surface area (Å²) in [6.07, 6.45) is 8.33. The monoisotopic (exact) mass is 300 g/mol. The first-order valence-corrected chi connectivity index (χ1v) is 7.94. The summed E-state index contributed by atoms with van der Waals surface area (Å²) in [4.78, 5) is 25.7. The normalized spacial score (nSPS) is 19.0. The van der Waals surface area contributed by atoms with E-state index in [1.54, 1.807) is 7.05 Å². The Kier molecular flexibility index (Phi) is 6.19. The zero-order valence-electron chi connectivity index (χ0n) is 13.1. The third kappa shape index (κ3) is 4.72. The molecule has 1 aromatic carbocycles. The summed E-state index contributed by atoms with van der Waals surface area (Å²) in [7, 11) is 1.56. The van der Waals surface area contributed by atoms with Gasteiger partial charge in [-0.1, -0.05) is 55.3 Å². The van der Waals surface area contributed by atoms with Crippen LogP contribution in [0.4, 0.5) is 0 Å². The molecule has 4 nitrogen and oxygen atoms in total. The van der Waals surface area contributed by atoms with Gasteiger partial charge < -0.3 is 10.2 Å². The van der Waals surface area contributed by atoms with Crippen molar-refractivity contribution in [3.05, 3.63) is 42.0 Å². The van der Waals surface area contributed by atoms with Gasteiger partial charge in [-0.15, -0.1) is 0 Å². The van der Waals surface area contributed by atoms with Gasteiger partial charge in [0.2, 0.25) is 11.8 Å². The summed E-state index contributed by atoms with van der Waals surface area (Å²) in [6.45, 7) is 0.736. The van der Waals surface area contributed by atoms with Crippen molar-refractivity contribution in [2.45, 2.75) is 38.1 Å². The maximum atomic E-state index is 12.4.